The van der Waals surface area contributed by atoms with Crippen molar-refractivity contribution in [2.24, 2.45) is 18.4 Å². The Morgan fingerprint density at radius 1 is 1.64 bits per heavy atom. The molecule has 1 fully saturated rings. The van der Waals surface area contributed by atoms with Gasteiger partial charge in [0.15, 0.2) is 4.60 Å². The molecule has 1 N–H and O–H groups in total. The third kappa shape index (κ3) is 1.48. The zero-order valence-electron chi connectivity index (χ0n) is 8.53. The van der Waals surface area contributed by atoms with Crippen LogP contribution in [0.25, 0.3) is 0 Å². The van der Waals surface area contributed by atoms with Crippen LogP contribution in [-0.2, 0) is 7.05 Å². The predicted molar refractivity (Wildman–Crippen MR) is 55.6 cm³/mol. The van der Waals surface area contributed by atoms with E-state index in [9.17, 15) is 5.11 Å². The van der Waals surface area contributed by atoms with E-state index in [4.69, 9.17) is 0 Å². The van der Waals surface area contributed by atoms with E-state index in [1.54, 1.807) is 11.7 Å². The number of aryl methyl sites for hydroxylation is 1. The highest BCUT2D eigenvalue weighted by molar-refractivity contribution is 9.10. The second-order valence-electron chi connectivity index (χ2n) is 4.63. The molecule has 2 unspecified atom stereocenters. The van der Waals surface area contributed by atoms with Crippen molar-refractivity contribution in [3.63, 3.8) is 0 Å². The first-order chi connectivity index (χ1) is 6.43. The van der Waals surface area contributed by atoms with Crippen LogP contribution in [-0.4, -0.2) is 20.1 Å². The molecule has 14 heavy (non-hydrogen) atoms. The van der Waals surface area contributed by atoms with E-state index < -0.39 is 6.10 Å². The van der Waals surface area contributed by atoms with E-state index in [0.717, 1.165) is 12.1 Å². The van der Waals surface area contributed by atoms with Gasteiger partial charge < -0.3 is 5.11 Å². The Bertz CT molecular complexity index is 341. The first-order valence-corrected chi connectivity index (χ1v) is 5.46. The van der Waals surface area contributed by atoms with E-state index in [1.807, 2.05) is 0 Å². The van der Waals surface area contributed by atoms with E-state index in [2.05, 4.69) is 40.1 Å². The molecule has 1 aromatic rings. The first-order valence-electron chi connectivity index (χ1n) is 4.66. The van der Waals surface area contributed by atoms with Crippen molar-refractivity contribution < 1.29 is 5.11 Å². The highest BCUT2D eigenvalue weighted by Crippen LogP contribution is 2.58. The molecule has 0 amide bonds. The Morgan fingerprint density at radius 2 is 2.21 bits per heavy atom. The summed E-state index contributed by atoms with van der Waals surface area (Å²) < 4.78 is 2.28. The number of aromatic nitrogens is 3. The van der Waals surface area contributed by atoms with Gasteiger partial charge in [-0.2, -0.15) is 0 Å². The summed E-state index contributed by atoms with van der Waals surface area (Å²) in [5, 5.41) is 17.8. The Hall–Kier alpha value is -0.420. The van der Waals surface area contributed by atoms with Crippen molar-refractivity contribution in [1.82, 2.24) is 15.0 Å². The molecule has 2 atom stereocenters. The van der Waals surface area contributed by atoms with E-state index >= 15 is 0 Å². The fraction of sp³-hybridized carbons (Fsp3) is 0.778. The third-order valence-corrected chi connectivity index (χ3v) is 3.64. The smallest absolute Gasteiger partial charge is 0.154 e. The molecule has 2 rings (SSSR count). The molecular weight excluding hydrogens is 246 g/mol. The van der Waals surface area contributed by atoms with Crippen molar-refractivity contribution in [3.05, 3.63) is 10.3 Å². The molecule has 0 saturated heterocycles. The van der Waals surface area contributed by atoms with E-state index in [0.29, 0.717) is 10.5 Å². The lowest BCUT2D eigenvalue weighted by molar-refractivity contribution is 0.129. The number of nitrogens with zero attached hydrogens (tertiary/aromatic N) is 3. The minimum atomic E-state index is -0.459. The molecule has 0 spiro atoms. The topological polar surface area (TPSA) is 50.9 Å². The minimum absolute atomic E-state index is 0.253. The molecule has 0 aliphatic heterocycles. The third-order valence-electron chi connectivity index (χ3n) is 3.08. The average molecular weight is 260 g/mol. The predicted octanol–water partition coefficient (Wildman–Crippen LogP) is 1.66. The Morgan fingerprint density at radius 3 is 2.57 bits per heavy atom. The molecule has 0 aromatic carbocycles. The lowest BCUT2D eigenvalue weighted by Crippen LogP contribution is -2.10. The van der Waals surface area contributed by atoms with Gasteiger partial charge in [-0.3, -0.25) is 0 Å². The molecule has 1 heterocycles. The van der Waals surface area contributed by atoms with Gasteiger partial charge in [-0.1, -0.05) is 19.1 Å². The molecule has 0 bridgehead atoms. The fourth-order valence-corrected chi connectivity index (χ4v) is 2.45. The molecule has 0 radical (unpaired) electrons. The first kappa shape index (κ1) is 10.1. The Labute approximate surface area is 91.4 Å². The van der Waals surface area contributed by atoms with Gasteiger partial charge in [0.1, 0.15) is 11.8 Å². The van der Waals surface area contributed by atoms with Crippen LogP contribution in [0.5, 0.6) is 0 Å². The largest absolute Gasteiger partial charge is 0.386 e. The summed E-state index contributed by atoms with van der Waals surface area (Å²) in [6.07, 6.45) is 0.602. The van der Waals surface area contributed by atoms with Crippen molar-refractivity contribution in [1.29, 1.82) is 0 Å². The quantitative estimate of drug-likeness (QED) is 0.879. The maximum Gasteiger partial charge on any atom is 0.154 e. The molecular formula is C9H14BrN3O. The van der Waals surface area contributed by atoms with Gasteiger partial charge in [0.2, 0.25) is 0 Å². The summed E-state index contributed by atoms with van der Waals surface area (Å²) in [4.78, 5) is 0. The van der Waals surface area contributed by atoms with Crippen LogP contribution < -0.4 is 0 Å². The van der Waals surface area contributed by atoms with Crippen molar-refractivity contribution in [2.75, 3.05) is 0 Å². The monoisotopic (exact) mass is 259 g/mol. The van der Waals surface area contributed by atoms with Gasteiger partial charge in [-0.25, -0.2) is 4.68 Å². The van der Waals surface area contributed by atoms with Crippen LogP contribution in [0.4, 0.5) is 0 Å². The normalized spacial score (nSPS) is 26.2. The van der Waals surface area contributed by atoms with Crippen LogP contribution in [0.2, 0.25) is 0 Å². The number of hydrogen-bond donors (Lipinski definition) is 1. The van der Waals surface area contributed by atoms with Gasteiger partial charge >= 0.3 is 0 Å². The van der Waals surface area contributed by atoms with Crippen LogP contribution in [0.1, 0.15) is 32.1 Å². The maximum absolute atomic E-state index is 10.1. The minimum Gasteiger partial charge on any atom is -0.386 e. The number of halogens is 1. The molecule has 78 valence electrons. The molecule has 1 aliphatic rings. The van der Waals surface area contributed by atoms with Gasteiger partial charge in [0, 0.05) is 7.05 Å². The van der Waals surface area contributed by atoms with E-state index in [1.165, 1.54) is 0 Å². The lowest BCUT2D eigenvalue weighted by Gasteiger charge is -2.12. The SMILES string of the molecule is Cn1nnc(Br)c1C(O)C1CC1(C)C. The molecule has 1 aliphatic carbocycles. The van der Waals surface area contributed by atoms with Crippen LogP contribution in [0.15, 0.2) is 4.60 Å². The summed E-state index contributed by atoms with van der Waals surface area (Å²) in [5.41, 5.74) is 1.03. The van der Waals surface area contributed by atoms with Crippen LogP contribution in [0.3, 0.4) is 0 Å². The number of aliphatic hydroxyl groups is 1. The van der Waals surface area contributed by atoms with Crippen LogP contribution in [0, 0.1) is 11.3 Å². The van der Waals surface area contributed by atoms with Crippen molar-refractivity contribution >= 4 is 15.9 Å². The van der Waals surface area contributed by atoms with Crippen molar-refractivity contribution in [2.45, 2.75) is 26.4 Å². The molecule has 5 heteroatoms. The second kappa shape index (κ2) is 3.03. The van der Waals surface area contributed by atoms with Gasteiger partial charge in [0.25, 0.3) is 0 Å². The zero-order chi connectivity index (χ0) is 10.5. The number of aliphatic hydroxyl groups excluding tert-OH is 1. The van der Waals surface area contributed by atoms with Crippen LogP contribution >= 0.6 is 15.9 Å². The summed E-state index contributed by atoms with van der Waals surface area (Å²) in [7, 11) is 1.80. The fourth-order valence-electron chi connectivity index (χ4n) is 1.89. The van der Waals surface area contributed by atoms with Crippen molar-refractivity contribution in [3.8, 4) is 0 Å². The highest BCUT2D eigenvalue weighted by Gasteiger charge is 2.51. The second-order valence-corrected chi connectivity index (χ2v) is 5.38. The van der Waals surface area contributed by atoms with Gasteiger partial charge in [0.05, 0.1) is 0 Å². The highest BCUT2D eigenvalue weighted by atomic mass is 79.9. The summed E-state index contributed by atoms with van der Waals surface area (Å²) >= 11 is 3.30. The maximum atomic E-state index is 10.1. The molecule has 4 nitrogen and oxygen atoms in total. The molecule has 1 saturated carbocycles. The van der Waals surface area contributed by atoms with Gasteiger partial charge in [-0.15, -0.1) is 5.10 Å². The molecule has 1 aromatic heterocycles. The zero-order valence-corrected chi connectivity index (χ0v) is 10.1. The number of hydrogen-bond acceptors (Lipinski definition) is 3. The summed E-state index contributed by atoms with van der Waals surface area (Å²) in [6.45, 7) is 4.33. The number of rotatable bonds is 2. The Balaban J connectivity index is 2.24. The van der Waals surface area contributed by atoms with E-state index in [-0.39, 0.29) is 5.41 Å². The summed E-state index contributed by atoms with van der Waals surface area (Å²) in [6, 6.07) is 0. The van der Waals surface area contributed by atoms with Gasteiger partial charge in [-0.05, 0) is 33.7 Å². The Kier molecular flexibility index (Phi) is 2.19. The standard InChI is InChI=1S/C9H14BrN3O/c1-9(2)4-5(9)7(14)6-8(10)11-12-13(6)3/h5,7,14H,4H2,1-3H3. The average Bonchev–Trinajstić information content (AvgIpc) is 2.59. The lowest BCUT2D eigenvalue weighted by atomic mass is 10.0. The summed E-state index contributed by atoms with van der Waals surface area (Å²) in [5.74, 6) is 0.330.